The van der Waals surface area contributed by atoms with E-state index in [-0.39, 0.29) is 18.0 Å². The summed E-state index contributed by atoms with van der Waals surface area (Å²) in [7, 11) is 0. The summed E-state index contributed by atoms with van der Waals surface area (Å²) in [5.74, 6) is -0.00515. The van der Waals surface area contributed by atoms with Crippen LogP contribution in [0.3, 0.4) is 0 Å². The molecule has 122 valence electrons. The summed E-state index contributed by atoms with van der Waals surface area (Å²) >= 11 is 1.59. The summed E-state index contributed by atoms with van der Waals surface area (Å²) in [6, 6.07) is 1.98. The van der Waals surface area contributed by atoms with Crippen molar-refractivity contribution in [2.24, 2.45) is 0 Å². The molecule has 1 aromatic rings. The summed E-state index contributed by atoms with van der Waals surface area (Å²) in [5, 5.41) is 6.86. The molecule has 2 amide bonds. The van der Waals surface area contributed by atoms with Crippen molar-refractivity contribution in [2.45, 2.75) is 51.7 Å². The maximum atomic E-state index is 12.2. The van der Waals surface area contributed by atoms with E-state index in [1.54, 1.807) is 16.2 Å². The van der Waals surface area contributed by atoms with Crippen LogP contribution in [0.2, 0.25) is 0 Å². The lowest BCUT2D eigenvalue weighted by Gasteiger charge is -2.28. The second-order valence-electron chi connectivity index (χ2n) is 6.58. The molecule has 0 bridgehead atoms. The molecule has 1 fully saturated rings. The highest BCUT2D eigenvalue weighted by atomic mass is 32.1. The van der Waals surface area contributed by atoms with Crippen LogP contribution in [0.1, 0.15) is 39.2 Å². The number of thiophene rings is 1. The third kappa shape index (κ3) is 5.02. The Morgan fingerprint density at radius 2 is 2.23 bits per heavy atom. The van der Waals surface area contributed by atoms with E-state index in [1.165, 1.54) is 0 Å². The van der Waals surface area contributed by atoms with Crippen molar-refractivity contribution in [1.29, 1.82) is 0 Å². The summed E-state index contributed by atoms with van der Waals surface area (Å²) < 4.78 is 5.42. The Balaban J connectivity index is 1.81. The lowest BCUT2D eigenvalue weighted by molar-refractivity contribution is -0.120. The molecule has 1 aliphatic heterocycles. The molecule has 0 spiro atoms. The fourth-order valence-corrected chi connectivity index (χ4v) is 3.15. The van der Waals surface area contributed by atoms with Crippen LogP contribution in [0.5, 0.6) is 0 Å². The number of rotatable bonds is 4. The molecule has 1 aromatic heterocycles. The predicted octanol–water partition coefficient (Wildman–Crippen LogP) is 2.81. The third-order valence-corrected chi connectivity index (χ3v) is 4.22. The summed E-state index contributed by atoms with van der Waals surface area (Å²) in [6.07, 6.45) is 1.95. The average molecular weight is 324 g/mol. The minimum Gasteiger partial charge on any atom is -0.444 e. The third-order valence-electron chi connectivity index (χ3n) is 3.48. The average Bonchev–Trinajstić information content (AvgIpc) is 3.04. The van der Waals surface area contributed by atoms with Gasteiger partial charge in [0.2, 0.25) is 5.91 Å². The first kappa shape index (κ1) is 16.8. The molecule has 2 rings (SSSR count). The van der Waals surface area contributed by atoms with E-state index < -0.39 is 5.60 Å². The van der Waals surface area contributed by atoms with Gasteiger partial charge in [-0.15, -0.1) is 0 Å². The Kier molecular flexibility index (Phi) is 5.45. The molecule has 2 heterocycles. The van der Waals surface area contributed by atoms with Crippen LogP contribution in [0.25, 0.3) is 0 Å². The first-order valence-corrected chi connectivity index (χ1v) is 8.57. The monoisotopic (exact) mass is 324 g/mol. The molecular formula is C16H24N2O3S. The molecule has 5 nitrogen and oxygen atoms in total. The molecule has 6 heteroatoms. The van der Waals surface area contributed by atoms with Gasteiger partial charge in [-0.3, -0.25) is 4.79 Å². The maximum absolute atomic E-state index is 12.2. The number of nitrogens with one attached hydrogen (secondary N) is 1. The molecule has 0 aromatic carbocycles. The number of likely N-dealkylation sites (tertiary alicyclic amines) is 1. The van der Waals surface area contributed by atoms with Crippen LogP contribution in [0.15, 0.2) is 16.8 Å². The summed E-state index contributed by atoms with van der Waals surface area (Å²) in [6.45, 7) is 6.76. The molecule has 0 saturated carbocycles. The van der Waals surface area contributed by atoms with Gasteiger partial charge in [-0.05, 0) is 56.0 Å². The molecule has 1 atom stereocenters. The number of carbonyl (C=O) groups is 2. The molecule has 1 N–H and O–H groups in total. The van der Waals surface area contributed by atoms with Crippen molar-refractivity contribution in [1.82, 2.24) is 10.2 Å². The van der Waals surface area contributed by atoms with E-state index >= 15 is 0 Å². The van der Waals surface area contributed by atoms with E-state index in [1.807, 2.05) is 37.6 Å². The smallest absolute Gasteiger partial charge is 0.410 e. The van der Waals surface area contributed by atoms with Gasteiger partial charge in [0.15, 0.2) is 0 Å². The zero-order valence-electron chi connectivity index (χ0n) is 13.4. The van der Waals surface area contributed by atoms with Gasteiger partial charge in [0.25, 0.3) is 0 Å². The van der Waals surface area contributed by atoms with Crippen LogP contribution in [-0.2, 0) is 16.0 Å². The number of amides is 2. The van der Waals surface area contributed by atoms with Crippen molar-refractivity contribution in [3.05, 3.63) is 22.4 Å². The normalized spacial score (nSPS) is 18.3. The van der Waals surface area contributed by atoms with Gasteiger partial charge in [-0.25, -0.2) is 4.79 Å². The van der Waals surface area contributed by atoms with Gasteiger partial charge in [0.05, 0.1) is 12.5 Å². The van der Waals surface area contributed by atoms with Crippen molar-refractivity contribution in [2.75, 3.05) is 13.1 Å². The Bertz CT molecular complexity index is 508. The molecule has 0 radical (unpaired) electrons. The highest BCUT2D eigenvalue weighted by Crippen LogP contribution is 2.20. The lowest BCUT2D eigenvalue weighted by Crippen LogP contribution is -2.45. The Labute approximate surface area is 135 Å². The number of hydrogen-bond acceptors (Lipinski definition) is 4. The first-order valence-electron chi connectivity index (χ1n) is 7.62. The summed E-state index contributed by atoms with van der Waals surface area (Å²) in [4.78, 5) is 25.8. The molecule has 0 unspecified atom stereocenters. The summed E-state index contributed by atoms with van der Waals surface area (Å²) in [5.41, 5.74) is 0.532. The zero-order valence-corrected chi connectivity index (χ0v) is 14.2. The van der Waals surface area contributed by atoms with Gasteiger partial charge < -0.3 is 15.0 Å². The Morgan fingerprint density at radius 1 is 1.45 bits per heavy atom. The largest absolute Gasteiger partial charge is 0.444 e. The molecular weight excluding hydrogens is 300 g/mol. The quantitative estimate of drug-likeness (QED) is 0.926. The standard InChI is InChI=1S/C16H24N2O3S/c1-16(2,3)21-15(20)18-7-4-5-13(18)10-17-14(19)9-12-6-8-22-11-12/h6,8,11,13H,4-5,7,9-10H2,1-3H3,(H,17,19)/t13-/m1/s1. The van der Waals surface area contributed by atoms with Crippen LogP contribution in [0.4, 0.5) is 4.79 Å². The van der Waals surface area contributed by atoms with Gasteiger partial charge >= 0.3 is 6.09 Å². The maximum Gasteiger partial charge on any atom is 0.410 e. The van der Waals surface area contributed by atoms with Gasteiger partial charge in [0.1, 0.15) is 5.60 Å². The van der Waals surface area contributed by atoms with Crippen molar-refractivity contribution in [3.8, 4) is 0 Å². The van der Waals surface area contributed by atoms with Crippen LogP contribution < -0.4 is 5.32 Å². The lowest BCUT2D eigenvalue weighted by atomic mass is 10.2. The second-order valence-corrected chi connectivity index (χ2v) is 7.36. The van der Waals surface area contributed by atoms with E-state index in [0.717, 1.165) is 18.4 Å². The topological polar surface area (TPSA) is 58.6 Å². The molecule has 0 aliphatic carbocycles. The number of nitrogens with zero attached hydrogens (tertiary/aromatic N) is 1. The van der Waals surface area contributed by atoms with Crippen LogP contribution in [0, 0.1) is 0 Å². The minimum absolute atomic E-state index is 0.00515. The van der Waals surface area contributed by atoms with Gasteiger partial charge in [0, 0.05) is 13.1 Å². The fourth-order valence-electron chi connectivity index (χ4n) is 2.48. The number of hydrogen-bond donors (Lipinski definition) is 1. The highest BCUT2D eigenvalue weighted by molar-refractivity contribution is 7.07. The second kappa shape index (κ2) is 7.13. The zero-order chi connectivity index (χ0) is 16.2. The molecule has 1 aliphatic rings. The first-order chi connectivity index (χ1) is 10.3. The fraction of sp³-hybridized carbons (Fsp3) is 0.625. The van der Waals surface area contributed by atoms with Crippen LogP contribution >= 0.6 is 11.3 Å². The predicted molar refractivity (Wildman–Crippen MR) is 87.0 cm³/mol. The van der Waals surface area contributed by atoms with Gasteiger partial charge in [-0.1, -0.05) is 0 Å². The van der Waals surface area contributed by atoms with Gasteiger partial charge in [-0.2, -0.15) is 11.3 Å². The SMILES string of the molecule is CC(C)(C)OC(=O)N1CCC[C@@H]1CNC(=O)Cc1ccsc1. The Morgan fingerprint density at radius 3 is 2.86 bits per heavy atom. The van der Waals surface area contributed by atoms with E-state index in [2.05, 4.69) is 5.32 Å². The van der Waals surface area contributed by atoms with Crippen molar-refractivity contribution >= 4 is 23.3 Å². The Hall–Kier alpha value is -1.56. The van der Waals surface area contributed by atoms with Crippen molar-refractivity contribution < 1.29 is 14.3 Å². The van der Waals surface area contributed by atoms with E-state index in [4.69, 9.17) is 4.74 Å². The van der Waals surface area contributed by atoms with Crippen molar-refractivity contribution in [3.63, 3.8) is 0 Å². The van der Waals surface area contributed by atoms with Crippen LogP contribution in [-0.4, -0.2) is 41.6 Å². The number of carbonyl (C=O) groups excluding carboxylic acids is 2. The number of ether oxygens (including phenoxy) is 1. The molecule has 22 heavy (non-hydrogen) atoms. The molecule has 1 saturated heterocycles. The van der Waals surface area contributed by atoms with E-state index in [9.17, 15) is 9.59 Å². The highest BCUT2D eigenvalue weighted by Gasteiger charge is 2.32. The van der Waals surface area contributed by atoms with E-state index in [0.29, 0.717) is 19.5 Å². The minimum atomic E-state index is -0.494.